The Hall–Kier alpha value is -1.03. The summed E-state index contributed by atoms with van der Waals surface area (Å²) in [7, 11) is 0. The number of rotatable bonds is 3. The number of nitrogens with one attached hydrogen (secondary N) is 1. The third kappa shape index (κ3) is 3.72. The Labute approximate surface area is 122 Å². The SMILES string of the molecule is Cc1ccc(C(=O)NCC2CCCCC2Br)cc1O. The molecule has 0 bridgehead atoms. The lowest BCUT2D eigenvalue weighted by molar-refractivity contribution is 0.0944. The van der Waals surface area contributed by atoms with Crippen LogP contribution in [-0.2, 0) is 0 Å². The van der Waals surface area contributed by atoms with Crippen LogP contribution >= 0.6 is 15.9 Å². The molecule has 2 atom stereocenters. The number of hydrogen-bond donors (Lipinski definition) is 2. The molecule has 2 rings (SSSR count). The minimum Gasteiger partial charge on any atom is -0.508 e. The van der Waals surface area contributed by atoms with E-state index in [0.29, 0.717) is 22.9 Å². The average molecular weight is 326 g/mol. The molecule has 104 valence electrons. The largest absolute Gasteiger partial charge is 0.508 e. The highest BCUT2D eigenvalue weighted by atomic mass is 79.9. The van der Waals surface area contributed by atoms with Crippen LogP contribution in [-0.4, -0.2) is 22.4 Å². The van der Waals surface area contributed by atoms with Gasteiger partial charge in [-0.25, -0.2) is 0 Å². The van der Waals surface area contributed by atoms with Crippen LogP contribution in [0, 0.1) is 12.8 Å². The molecule has 1 aromatic rings. The van der Waals surface area contributed by atoms with E-state index in [9.17, 15) is 9.90 Å². The van der Waals surface area contributed by atoms with Gasteiger partial charge in [0.15, 0.2) is 0 Å². The summed E-state index contributed by atoms with van der Waals surface area (Å²) in [4.78, 5) is 12.5. The van der Waals surface area contributed by atoms with E-state index >= 15 is 0 Å². The van der Waals surface area contributed by atoms with Crippen LogP contribution in [0.1, 0.15) is 41.6 Å². The van der Waals surface area contributed by atoms with Gasteiger partial charge in [-0.15, -0.1) is 0 Å². The Kier molecular flexibility index (Phi) is 4.86. The van der Waals surface area contributed by atoms with Crippen LogP contribution in [0.5, 0.6) is 5.75 Å². The van der Waals surface area contributed by atoms with Crippen LogP contribution in [0.2, 0.25) is 0 Å². The number of hydrogen-bond acceptors (Lipinski definition) is 2. The molecule has 2 N–H and O–H groups in total. The Morgan fingerprint density at radius 3 is 2.84 bits per heavy atom. The first kappa shape index (κ1) is 14.4. The predicted octanol–water partition coefficient (Wildman–Crippen LogP) is 3.38. The third-order valence-corrected chi connectivity index (χ3v) is 5.02. The van der Waals surface area contributed by atoms with Crippen LogP contribution in [0.25, 0.3) is 0 Å². The van der Waals surface area contributed by atoms with E-state index in [2.05, 4.69) is 21.2 Å². The van der Waals surface area contributed by atoms with Crippen molar-refractivity contribution in [1.82, 2.24) is 5.32 Å². The molecule has 1 saturated carbocycles. The van der Waals surface area contributed by atoms with E-state index in [-0.39, 0.29) is 11.7 Å². The topological polar surface area (TPSA) is 49.3 Å². The molecule has 19 heavy (non-hydrogen) atoms. The minimum atomic E-state index is -0.111. The van der Waals surface area contributed by atoms with Gasteiger partial charge in [0.05, 0.1) is 0 Å². The molecule has 1 aromatic carbocycles. The minimum absolute atomic E-state index is 0.111. The predicted molar refractivity (Wildman–Crippen MR) is 79.9 cm³/mol. The van der Waals surface area contributed by atoms with Crippen molar-refractivity contribution in [2.24, 2.45) is 5.92 Å². The molecule has 4 heteroatoms. The number of phenolic OH excluding ortho intramolecular Hbond substituents is 1. The molecule has 0 spiro atoms. The summed E-state index contributed by atoms with van der Waals surface area (Å²) < 4.78 is 0. The van der Waals surface area contributed by atoms with Crippen LogP contribution < -0.4 is 5.32 Å². The fourth-order valence-corrected chi connectivity index (χ4v) is 3.24. The Morgan fingerprint density at radius 2 is 2.16 bits per heavy atom. The summed E-state index contributed by atoms with van der Waals surface area (Å²) in [6.45, 7) is 2.51. The molecule has 3 nitrogen and oxygen atoms in total. The lowest BCUT2D eigenvalue weighted by Gasteiger charge is -2.27. The van der Waals surface area contributed by atoms with E-state index in [1.54, 1.807) is 12.1 Å². The van der Waals surface area contributed by atoms with E-state index in [0.717, 1.165) is 12.0 Å². The number of aryl methyl sites for hydroxylation is 1. The van der Waals surface area contributed by atoms with Gasteiger partial charge in [0.1, 0.15) is 5.75 Å². The van der Waals surface area contributed by atoms with E-state index in [1.165, 1.54) is 25.3 Å². The van der Waals surface area contributed by atoms with Gasteiger partial charge in [-0.05, 0) is 43.4 Å². The molecule has 0 heterocycles. The fraction of sp³-hybridized carbons (Fsp3) is 0.533. The van der Waals surface area contributed by atoms with Gasteiger partial charge in [-0.3, -0.25) is 4.79 Å². The monoisotopic (exact) mass is 325 g/mol. The summed E-state index contributed by atoms with van der Waals surface area (Å²) in [6, 6.07) is 5.03. The van der Waals surface area contributed by atoms with Crippen molar-refractivity contribution in [3.05, 3.63) is 29.3 Å². The highest BCUT2D eigenvalue weighted by molar-refractivity contribution is 9.09. The highest BCUT2D eigenvalue weighted by Gasteiger charge is 2.23. The van der Waals surface area contributed by atoms with Crippen molar-refractivity contribution in [2.75, 3.05) is 6.54 Å². The zero-order valence-electron chi connectivity index (χ0n) is 11.2. The van der Waals surface area contributed by atoms with E-state index in [1.807, 2.05) is 6.92 Å². The van der Waals surface area contributed by atoms with Crippen LogP contribution in [0.3, 0.4) is 0 Å². The zero-order chi connectivity index (χ0) is 13.8. The molecule has 0 aromatic heterocycles. The van der Waals surface area contributed by atoms with E-state index < -0.39 is 0 Å². The normalized spacial score (nSPS) is 23.1. The second kappa shape index (κ2) is 6.42. The van der Waals surface area contributed by atoms with Gasteiger partial charge in [0, 0.05) is 16.9 Å². The van der Waals surface area contributed by atoms with Gasteiger partial charge >= 0.3 is 0 Å². The number of carbonyl (C=O) groups excluding carboxylic acids is 1. The lowest BCUT2D eigenvalue weighted by Crippen LogP contribution is -2.34. The van der Waals surface area contributed by atoms with Crippen molar-refractivity contribution in [3.63, 3.8) is 0 Å². The lowest BCUT2D eigenvalue weighted by atomic mass is 9.89. The maximum atomic E-state index is 12.0. The molecular weight excluding hydrogens is 306 g/mol. The molecule has 2 unspecified atom stereocenters. The number of benzene rings is 1. The first-order chi connectivity index (χ1) is 9.08. The number of phenols is 1. The van der Waals surface area contributed by atoms with Crippen molar-refractivity contribution in [1.29, 1.82) is 0 Å². The van der Waals surface area contributed by atoms with Gasteiger partial charge < -0.3 is 10.4 Å². The molecular formula is C15H20BrNO2. The van der Waals surface area contributed by atoms with Gasteiger partial charge in [0.2, 0.25) is 0 Å². The molecule has 1 aliphatic rings. The average Bonchev–Trinajstić information content (AvgIpc) is 2.40. The molecule has 0 radical (unpaired) electrons. The first-order valence-electron chi connectivity index (χ1n) is 6.80. The van der Waals surface area contributed by atoms with Crippen molar-refractivity contribution in [3.8, 4) is 5.75 Å². The number of halogens is 1. The van der Waals surface area contributed by atoms with Crippen LogP contribution in [0.15, 0.2) is 18.2 Å². The molecule has 0 aliphatic heterocycles. The molecule has 1 aliphatic carbocycles. The van der Waals surface area contributed by atoms with E-state index in [4.69, 9.17) is 0 Å². The van der Waals surface area contributed by atoms with Gasteiger partial charge in [0.25, 0.3) is 5.91 Å². The summed E-state index contributed by atoms with van der Waals surface area (Å²) in [6.07, 6.45) is 4.86. The Balaban J connectivity index is 1.91. The number of amides is 1. The zero-order valence-corrected chi connectivity index (χ0v) is 12.7. The number of alkyl halides is 1. The molecule has 1 amide bonds. The number of aromatic hydroxyl groups is 1. The standard InChI is InChI=1S/C15H20BrNO2/c1-10-6-7-11(8-14(10)18)15(19)17-9-12-4-2-3-5-13(12)16/h6-8,12-13,18H,2-5,9H2,1H3,(H,17,19). The van der Waals surface area contributed by atoms with Crippen molar-refractivity contribution < 1.29 is 9.90 Å². The maximum absolute atomic E-state index is 12.0. The van der Waals surface area contributed by atoms with Gasteiger partial charge in [-0.1, -0.05) is 34.8 Å². The smallest absolute Gasteiger partial charge is 0.251 e. The first-order valence-corrected chi connectivity index (χ1v) is 7.71. The van der Waals surface area contributed by atoms with Crippen LogP contribution in [0.4, 0.5) is 0 Å². The third-order valence-electron chi connectivity index (χ3n) is 3.81. The maximum Gasteiger partial charge on any atom is 0.251 e. The summed E-state index contributed by atoms with van der Waals surface area (Å²) in [5, 5.41) is 12.6. The Bertz CT molecular complexity index is 461. The fourth-order valence-electron chi connectivity index (χ4n) is 2.47. The summed E-state index contributed by atoms with van der Waals surface area (Å²) >= 11 is 3.69. The van der Waals surface area contributed by atoms with Crippen molar-refractivity contribution in [2.45, 2.75) is 37.4 Å². The number of carbonyl (C=O) groups is 1. The quantitative estimate of drug-likeness (QED) is 0.837. The second-order valence-corrected chi connectivity index (χ2v) is 6.45. The highest BCUT2D eigenvalue weighted by Crippen LogP contribution is 2.29. The molecule has 0 saturated heterocycles. The summed E-state index contributed by atoms with van der Waals surface area (Å²) in [5.74, 6) is 0.570. The molecule has 1 fully saturated rings. The second-order valence-electron chi connectivity index (χ2n) is 5.27. The summed E-state index contributed by atoms with van der Waals surface area (Å²) in [5.41, 5.74) is 1.30. The van der Waals surface area contributed by atoms with Gasteiger partial charge in [-0.2, -0.15) is 0 Å². The Morgan fingerprint density at radius 1 is 1.42 bits per heavy atom. The van der Waals surface area contributed by atoms with Crippen molar-refractivity contribution >= 4 is 21.8 Å².